The molecule has 0 saturated heterocycles. The van der Waals surface area contributed by atoms with Crippen LogP contribution in [0.25, 0.3) is 0 Å². The number of methoxy groups -OCH3 is 1. The molecule has 0 N–H and O–H groups in total. The molecule has 15 heavy (non-hydrogen) atoms. The lowest BCUT2D eigenvalue weighted by atomic mass is 10.1. The molecule has 3 nitrogen and oxygen atoms in total. The van der Waals surface area contributed by atoms with Gasteiger partial charge in [-0.05, 0) is 20.0 Å². The molecule has 0 saturated carbocycles. The zero-order valence-electron chi connectivity index (χ0n) is 9.45. The molecule has 3 heteroatoms. The Morgan fingerprint density at radius 2 is 2.20 bits per heavy atom. The smallest absolute Gasteiger partial charge is 0.123 e. The summed E-state index contributed by atoms with van der Waals surface area (Å²) in [7, 11) is 3.59. The van der Waals surface area contributed by atoms with Gasteiger partial charge in [0.1, 0.15) is 5.75 Å². The monoisotopic (exact) mass is 204 g/mol. The predicted octanol–water partition coefficient (Wildman–Crippen LogP) is 1.96. The Labute approximate surface area is 90.9 Å². The van der Waals surface area contributed by atoms with Gasteiger partial charge in [-0.25, -0.2) is 0 Å². The highest BCUT2D eigenvalue weighted by Crippen LogP contribution is 2.20. The van der Waals surface area contributed by atoms with E-state index in [1.165, 1.54) is 5.56 Å². The van der Waals surface area contributed by atoms with Crippen molar-refractivity contribution in [1.29, 1.82) is 5.26 Å². The second-order valence-corrected chi connectivity index (χ2v) is 3.65. The molecular weight excluding hydrogens is 188 g/mol. The van der Waals surface area contributed by atoms with Gasteiger partial charge < -0.3 is 4.74 Å². The van der Waals surface area contributed by atoms with Gasteiger partial charge in [-0.2, -0.15) is 5.26 Å². The molecule has 0 spiro atoms. The molecule has 80 valence electrons. The quantitative estimate of drug-likeness (QED) is 0.703. The number of nitrogens with zero attached hydrogens (tertiary/aromatic N) is 2. The van der Waals surface area contributed by atoms with Crippen LogP contribution in [0.3, 0.4) is 0 Å². The minimum absolute atomic E-state index is 0.428. The standard InChI is InChI=1S/C12H16N2O/c1-10-4-5-12(15-3)11(8-10)9-14(2)7-6-13/h4-5,8H,7,9H2,1-3H3. The molecule has 0 atom stereocenters. The number of hydrogen-bond acceptors (Lipinski definition) is 3. The van der Waals surface area contributed by atoms with Gasteiger partial charge in [0, 0.05) is 12.1 Å². The molecule has 0 amide bonds. The van der Waals surface area contributed by atoms with E-state index in [0.717, 1.165) is 17.9 Å². The highest BCUT2D eigenvalue weighted by Gasteiger charge is 2.05. The molecule has 0 aliphatic carbocycles. The Hall–Kier alpha value is -1.53. The number of nitriles is 1. The van der Waals surface area contributed by atoms with E-state index in [9.17, 15) is 0 Å². The lowest BCUT2D eigenvalue weighted by Gasteiger charge is -2.15. The summed E-state index contributed by atoms with van der Waals surface area (Å²) >= 11 is 0. The normalized spacial score (nSPS) is 10.1. The Balaban J connectivity index is 2.83. The molecule has 0 bridgehead atoms. The van der Waals surface area contributed by atoms with Gasteiger partial charge in [0.05, 0.1) is 19.7 Å². The first-order valence-electron chi connectivity index (χ1n) is 4.86. The van der Waals surface area contributed by atoms with Crippen molar-refractivity contribution in [1.82, 2.24) is 4.90 Å². The van der Waals surface area contributed by atoms with Gasteiger partial charge in [-0.15, -0.1) is 0 Å². The van der Waals surface area contributed by atoms with E-state index in [1.54, 1.807) is 7.11 Å². The van der Waals surface area contributed by atoms with Crippen molar-refractivity contribution in [2.75, 3.05) is 20.7 Å². The average molecular weight is 204 g/mol. The Kier molecular flexibility index (Phi) is 4.14. The summed E-state index contributed by atoms with van der Waals surface area (Å²) in [5.74, 6) is 0.880. The molecule has 0 aromatic heterocycles. The minimum Gasteiger partial charge on any atom is -0.496 e. The maximum Gasteiger partial charge on any atom is 0.123 e. The van der Waals surface area contributed by atoms with Crippen LogP contribution in [-0.4, -0.2) is 25.6 Å². The van der Waals surface area contributed by atoms with Crippen LogP contribution in [0.1, 0.15) is 11.1 Å². The van der Waals surface area contributed by atoms with Gasteiger partial charge in [0.2, 0.25) is 0 Å². The topological polar surface area (TPSA) is 36.3 Å². The molecule has 1 aromatic carbocycles. The third kappa shape index (κ3) is 3.26. The number of aryl methyl sites for hydroxylation is 1. The van der Waals surface area contributed by atoms with E-state index in [4.69, 9.17) is 10.00 Å². The van der Waals surface area contributed by atoms with Crippen molar-refractivity contribution in [3.8, 4) is 11.8 Å². The summed E-state index contributed by atoms with van der Waals surface area (Å²) in [5.41, 5.74) is 2.33. The summed E-state index contributed by atoms with van der Waals surface area (Å²) < 4.78 is 5.27. The lowest BCUT2D eigenvalue weighted by molar-refractivity contribution is 0.349. The molecule has 1 aromatic rings. The predicted molar refractivity (Wildman–Crippen MR) is 59.7 cm³/mol. The Morgan fingerprint density at radius 1 is 1.47 bits per heavy atom. The van der Waals surface area contributed by atoms with E-state index in [2.05, 4.69) is 12.1 Å². The van der Waals surface area contributed by atoms with Crippen LogP contribution in [0.2, 0.25) is 0 Å². The van der Waals surface area contributed by atoms with Crippen LogP contribution in [0.4, 0.5) is 0 Å². The van der Waals surface area contributed by atoms with Gasteiger partial charge in [0.25, 0.3) is 0 Å². The number of ether oxygens (including phenoxy) is 1. The van der Waals surface area contributed by atoms with E-state index < -0.39 is 0 Å². The molecule has 0 radical (unpaired) electrons. The first-order valence-corrected chi connectivity index (χ1v) is 4.86. The Bertz CT molecular complexity index is 368. The molecule has 0 unspecified atom stereocenters. The summed E-state index contributed by atoms with van der Waals surface area (Å²) in [6, 6.07) is 8.20. The summed E-state index contributed by atoms with van der Waals surface area (Å²) in [5, 5.41) is 8.57. The third-order valence-corrected chi connectivity index (χ3v) is 2.22. The zero-order chi connectivity index (χ0) is 11.3. The first kappa shape index (κ1) is 11.5. The number of hydrogen-bond donors (Lipinski definition) is 0. The fraction of sp³-hybridized carbons (Fsp3) is 0.417. The van der Waals surface area contributed by atoms with E-state index >= 15 is 0 Å². The van der Waals surface area contributed by atoms with Gasteiger partial charge in [-0.1, -0.05) is 17.7 Å². The highest BCUT2D eigenvalue weighted by molar-refractivity contribution is 5.36. The lowest BCUT2D eigenvalue weighted by Crippen LogP contribution is -2.18. The summed E-state index contributed by atoms with van der Waals surface area (Å²) in [6.45, 7) is 3.21. The van der Waals surface area contributed by atoms with E-state index in [0.29, 0.717) is 6.54 Å². The van der Waals surface area contributed by atoms with E-state index in [1.807, 2.05) is 31.0 Å². The molecule has 0 aliphatic rings. The largest absolute Gasteiger partial charge is 0.496 e. The second-order valence-electron chi connectivity index (χ2n) is 3.65. The van der Waals surface area contributed by atoms with Crippen molar-refractivity contribution in [2.45, 2.75) is 13.5 Å². The van der Waals surface area contributed by atoms with Crippen LogP contribution < -0.4 is 4.74 Å². The maximum absolute atomic E-state index is 8.57. The average Bonchev–Trinajstić information content (AvgIpc) is 2.18. The van der Waals surface area contributed by atoms with Crippen molar-refractivity contribution in [3.05, 3.63) is 29.3 Å². The van der Waals surface area contributed by atoms with Crippen LogP contribution in [0.5, 0.6) is 5.75 Å². The first-order chi connectivity index (χ1) is 7.17. The van der Waals surface area contributed by atoms with Crippen molar-refractivity contribution < 1.29 is 4.74 Å². The fourth-order valence-corrected chi connectivity index (χ4v) is 1.50. The van der Waals surface area contributed by atoms with Crippen molar-refractivity contribution in [3.63, 3.8) is 0 Å². The van der Waals surface area contributed by atoms with Crippen LogP contribution in [0, 0.1) is 18.3 Å². The summed E-state index contributed by atoms with van der Waals surface area (Å²) in [4.78, 5) is 1.96. The molecule has 1 rings (SSSR count). The molecule has 0 fully saturated rings. The zero-order valence-corrected chi connectivity index (χ0v) is 9.45. The van der Waals surface area contributed by atoms with Crippen molar-refractivity contribution in [2.24, 2.45) is 0 Å². The highest BCUT2D eigenvalue weighted by atomic mass is 16.5. The van der Waals surface area contributed by atoms with Crippen LogP contribution >= 0.6 is 0 Å². The second kappa shape index (κ2) is 5.38. The maximum atomic E-state index is 8.57. The summed E-state index contributed by atoms with van der Waals surface area (Å²) in [6.07, 6.45) is 0. The Morgan fingerprint density at radius 3 is 2.80 bits per heavy atom. The van der Waals surface area contributed by atoms with Gasteiger partial charge in [0.15, 0.2) is 0 Å². The molecular formula is C12H16N2O. The minimum atomic E-state index is 0.428. The van der Waals surface area contributed by atoms with Gasteiger partial charge >= 0.3 is 0 Å². The molecule has 0 aliphatic heterocycles. The fourth-order valence-electron chi connectivity index (χ4n) is 1.50. The number of benzene rings is 1. The van der Waals surface area contributed by atoms with Gasteiger partial charge in [-0.3, -0.25) is 4.90 Å². The van der Waals surface area contributed by atoms with Crippen LogP contribution in [-0.2, 0) is 6.54 Å². The third-order valence-electron chi connectivity index (χ3n) is 2.22. The van der Waals surface area contributed by atoms with E-state index in [-0.39, 0.29) is 0 Å². The van der Waals surface area contributed by atoms with Crippen molar-refractivity contribution >= 4 is 0 Å². The van der Waals surface area contributed by atoms with Crippen LogP contribution in [0.15, 0.2) is 18.2 Å². The SMILES string of the molecule is COc1ccc(C)cc1CN(C)CC#N. The molecule has 0 heterocycles. The number of rotatable bonds is 4.